The van der Waals surface area contributed by atoms with Gasteiger partial charge in [-0.25, -0.2) is 4.79 Å². The van der Waals surface area contributed by atoms with E-state index >= 15 is 0 Å². The third-order valence-electron chi connectivity index (χ3n) is 3.35. The quantitative estimate of drug-likeness (QED) is 0.883. The van der Waals surface area contributed by atoms with E-state index in [-0.39, 0.29) is 11.7 Å². The molecule has 2 heterocycles. The second-order valence-electron chi connectivity index (χ2n) is 4.63. The van der Waals surface area contributed by atoms with Gasteiger partial charge in [0.05, 0.1) is 6.54 Å². The van der Waals surface area contributed by atoms with Gasteiger partial charge in [-0.2, -0.15) is 0 Å². The van der Waals surface area contributed by atoms with Gasteiger partial charge in [0.1, 0.15) is 11.5 Å². The fraction of sp³-hybridized carbons (Fsp3) is 0.538. The molecule has 5 nitrogen and oxygen atoms in total. The van der Waals surface area contributed by atoms with Crippen molar-refractivity contribution in [2.75, 3.05) is 13.1 Å². The molecule has 98 valence electrons. The van der Waals surface area contributed by atoms with Gasteiger partial charge in [-0.15, -0.1) is 0 Å². The Morgan fingerprint density at radius 1 is 1.56 bits per heavy atom. The van der Waals surface area contributed by atoms with Crippen molar-refractivity contribution in [3.8, 4) is 0 Å². The first-order valence-electron chi connectivity index (χ1n) is 6.17. The highest BCUT2D eigenvalue weighted by Gasteiger charge is 2.26. The molecule has 0 amide bonds. The second-order valence-corrected chi connectivity index (χ2v) is 4.63. The van der Waals surface area contributed by atoms with E-state index < -0.39 is 5.97 Å². The van der Waals surface area contributed by atoms with Crippen molar-refractivity contribution >= 4 is 11.8 Å². The van der Waals surface area contributed by atoms with Crippen LogP contribution in [0.4, 0.5) is 0 Å². The van der Waals surface area contributed by atoms with Crippen LogP contribution in [0, 0.1) is 5.92 Å². The molecule has 0 spiro atoms. The number of carboxylic acid groups (broad SMARTS) is 1. The molecular weight excluding hydrogens is 234 g/mol. The van der Waals surface area contributed by atoms with Crippen molar-refractivity contribution in [1.82, 2.24) is 4.90 Å². The first kappa shape index (κ1) is 12.8. The van der Waals surface area contributed by atoms with Gasteiger partial charge in [0.2, 0.25) is 5.76 Å². The normalized spacial score (nSPS) is 21.2. The van der Waals surface area contributed by atoms with Crippen molar-refractivity contribution in [2.45, 2.75) is 26.3 Å². The Bertz CT molecular complexity index is 452. The number of hydrogen-bond donors (Lipinski definition) is 1. The van der Waals surface area contributed by atoms with E-state index in [2.05, 4.69) is 4.90 Å². The van der Waals surface area contributed by atoms with E-state index in [1.54, 1.807) is 6.07 Å². The summed E-state index contributed by atoms with van der Waals surface area (Å²) in [5, 5.41) is 8.77. The molecule has 1 aliphatic rings. The lowest BCUT2D eigenvalue weighted by atomic mass is 9.94. The Hall–Kier alpha value is -1.62. The SMILES string of the molecule is CCC1CN(Cc2ccc(C(=O)O)o2)CCC1=O. The molecule has 0 saturated carbocycles. The molecule has 18 heavy (non-hydrogen) atoms. The number of hydrogen-bond acceptors (Lipinski definition) is 4. The smallest absolute Gasteiger partial charge is 0.371 e. The zero-order valence-electron chi connectivity index (χ0n) is 10.4. The second kappa shape index (κ2) is 5.35. The van der Waals surface area contributed by atoms with E-state index in [9.17, 15) is 9.59 Å². The van der Waals surface area contributed by atoms with Crippen LogP contribution in [0.1, 0.15) is 36.1 Å². The van der Waals surface area contributed by atoms with Crippen molar-refractivity contribution in [2.24, 2.45) is 5.92 Å². The van der Waals surface area contributed by atoms with E-state index in [1.165, 1.54) is 6.07 Å². The zero-order chi connectivity index (χ0) is 13.1. The van der Waals surface area contributed by atoms with E-state index in [1.807, 2.05) is 6.92 Å². The number of likely N-dealkylation sites (tertiary alicyclic amines) is 1. The number of carboxylic acids is 1. The Kier molecular flexibility index (Phi) is 3.81. The van der Waals surface area contributed by atoms with Crippen LogP contribution < -0.4 is 0 Å². The Morgan fingerprint density at radius 2 is 2.33 bits per heavy atom. The summed E-state index contributed by atoms with van der Waals surface area (Å²) in [6.07, 6.45) is 1.43. The van der Waals surface area contributed by atoms with Crippen LogP contribution in [-0.2, 0) is 11.3 Å². The summed E-state index contributed by atoms with van der Waals surface area (Å²) in [4.78, 5) is 24.4. The highest BCUT2D eigenvalue weighted by atomic mass is 16.4. The van der Waals surface area contributed by atoms with Crippen LogP contribution in [0.5, 0.6) is 0 Å². The molecule has 1 saturated heterocycles. The van der Waals surface area contributed by atoms with Crippen LogP contribution in [0.2, 0.25) is 0 Å². The van der Waals surface area contributed by atoms with Crippen molar-refractivity contribution in [3.05, 3.63) is 23.7 Å². The monoisotopic (exact) mass is 251 g/mol. The molecule has 5 heteroatoms. The number of carbonyl (C=O) groups is 2. The van der Waals surface area contributed by atoms with Crippen LogP contribution in [0.15, 0.2) is 16.5 Å². The van der Waals surface area contributed by atoms with Crippen molar-refractivity contribution in [1.29, 1.82) is 0 Å². The first-order valence-corrected chi connectivity index (χ1v) is 6.17. The molecule has 2 rings (SSSR count). The number of rotatable bonds is 4. The Labute approximate surface area is 105 Å². The van der Waals surface area contributed by atoms with Gasteiger partial charge in [-0.05, 0) is 18.6 Å². The van der Waals surface area contributed by atoms with Crippen molar-refractivity contribution in [3.63, 3.8) is 0 Å². The average Bonchev–Trinajstić information content (AvgIpc) is 2.80. The molecular formula is C13H17NO4. The minimum absolute atomic E-state index is 0.0369. The maximum Gasteiger partial charge on any atom is 0.371 e. The van der Waals surface area contributed by atoms with Gasteiger partial charge in [0.25, 0.3) is 0 Å². The van der Waals surface area contributed by atoms with Gasteiger partial charge < -0.3 is 9.52 Å². The van der Waals surface area contributed by atoms with Crippen LogP contribution in [0.3, 0.4) is 0 Å². The Morgan fingerprint density at radius 3 is 2.94 bits per heavy atom. The molecule has 0 bridgehead atoms. The Balaban J connectivity index is 1.96. The number of furan rings is 1. The number of Topliss-reactive ketones (excluding diaryl/α,β-unsaturated/α-hetero) is 1. The minimum Gasteiger partial charge on any atom is -0.475 e. The summed E-state index contributed by atoms with van der Waals surface area (Å²) in [7, 11) is 0. The number of aromatic carboxylic acids is 1. The lowest BCUT2D eigenvalue weighted by molar-refractivity contribution is -0.126. The standard InChI is InChI=1S/C13H17NO4/c1-2-9-7-14(6-5-11(9)15)8-10-3-4-12(18-10)13(16)17/h3-4,9H,2,5-8H2,1H3,(H,16,17). The third-order valence-corrected chi connectivity index (χ3v) is 3.35. The topological polar surface area (TPSA) is 70.8 Å². The summed E-state index contributed by atoms with van der Waals surface area (Å²) in [6.45, 7) is 4.04. The number of carbonyl (C=O) groups excluding carboxylic acids is 1. The molecule has 1 fully saturated rings. The summed E-state index contributed by atoms with van der Waals surface area (Å²) in [5.41, 5.74) is 0. The minimum atomic E-state index is -1.05. The molecule has 1 aliphatic heterocycles. The number of ketones is 1. The molecule has 1 unspecified atom stereocenters. The van der Waals surface area contributed by atoms with Gasteiger partial charge in [-0.3, -0.25) is 9.69 Å². The number of nitrogens with zero attached hydrogens (tertiary/aromatic N) is 1. The average molecular weight is 251 g/mol. The fourth-order valence-electron chi connectivity index (χ4n) is 2.28. The molecule has 0 aliphatic carbocycles. The molecule has 0 radical (unpaired) electrons. The van der Waals surface area contributed by atoms with E-state index in [0.717, 1.165) is 19.5 Å². The summed E-state index contributed by atoms with van der Waals surface area (Å²) < 4.78 is 5.22. The third kappa shape index (κ3) is 2.79. The predicted octanol–water partition coefficient (Wildman–Crippen LogP) is 1.78. The fourth-order valence-corrected chi connectivity index (χ4v) is 2.28. The van der Waals surface area contributed by atoms with E-state index in [0.29, 0.717) is 24.5 Å². The molecule has 0 aromatic carbocycles. The molecule has 1 aromatic rings. The van der Waals surface area contributed by atoms with Gasteiger partial charge >= 0.3 is 5.97 Å². The lowest BCUT2D eigenvalue weighted by Crippen LogP contribution is -2.39. The van der Waals surface area contributed by atoms with E-state index in [4.69, 9.17) is 9.52 Å². The maximum absolute atomic E-state index is 11.6. The maximum atomic E-state index is 11.6. The van der Waals surface area contributed by atoms with Crippen LogP contribution in [0.25, 0.3) is 0 Å². The van der Waals surface area contributed by atoms with Crippen molar-refractivity contribution < 1.29 is 19.1 Å². The summed E-state index contributed by atoms with van der Waals surface area (Å²) in [5.74, 6) is -0.0182. The van der Waals surface area contributed by atoms with Gasteiger partial charge in [-0.1, -0.05) is 6.92 Å². The van der Waals surface area contributed by atoms with Crippen LogP contribution >= 0.6 is 0 Å². The largest absolute Gasteiger partial charge is 0.475 e. The molecule has 1 aromatic heterocycles. The molecule has 1 N–H and O–H groups in total. The predicted molar refractivity (Wildman–Crippen MR) is 64.3 cm³/mol. The number of piperidine rings is 1. The van der Waals surface area contributed by atoms with Crippen LogP contribution in [-0.4, -0.2) is 34.8 Å². The van der Waals surface area contributed by atoms with Gasteiger partial charge in [0, 0.05) is 25.4 Å². The highest BCUT2D eigenvalue weighted by molar-refractivity contribution is 5.84. The summed E-state index contributed by atoms with van der Waals surface area (Å²) >= 11 is 0. The lowest BCUT2D eigenvalue weighted by Gasteiger charge is -2.30. The highest BCUT2D eigenvalue weighted by Crippen LogP contribution is 2.19. The first-order chi connectivity index (χ1) is 8.60. The molecule has 1 atom stereocenters. The van der Waals surface area contributed by atoms with Gasteiger partial charge in [0.15, 0.2) is 0 Å². The summed E-state index contributed by atoms with van der Waals surface area (Å²) in [6, 6.07) is 3.14. The zero-order valence-corrected chi connectivity index (χ0v) is 10.4.